The fraction of sp³-hybridized carbons (Fsp3) is 0.280. The first-order valence-electron chi connectivity index (χ1n) is 10.4. The molecule has 0 bridgehead atoms. The summed E-state index contributed by atoms with van der Waals surface area (Å²) in [5, 5.41) is 13.2. The number of rotatable bonds is 9. The topological polar surface area (TPSA) is 75.6 Å². The lowest BCUT2D eigenvalue weighted by Gasteiger charge is -2.18. The van der Waals surface area contributed by atoms with Crippen molar-refractivity contribution in [1.82, 2.24) is 5.32 Å². The first-order valence-corrected chi connectivity index (χ1v) is 12.0. The van der Waals surface area contributed by atoms with Crippen LogP contribution in [-0.4, -0.2) is 29.2 Å². The SMILES string of the molecule is Cc1ccc(-c2ccc(CC(OC(C)C)C(=O)O)cc2CNC(=O)c2ccc(Cl)cc2Cl)s1. The summed E-state index contributed by atoms with van der Waals surface area (Å²) in [6.45, 7) is 5.90. The number of hydrogen-bond donors (Lipinski definition) is 2. The molecule has 8 heteroatoms. The highest BCUT2D eigenvalue weighted by molar-refractivity contribution is 7.15. The van der Waals surface area contributed by atoms with E-state index in [2.05, 4.69) is 5.32 Å². The van der Waals surface area contributed by atoms with Gasteiger partial charge in [-0.15, -0.1) is 11.3 Å². The van der Waals surface area contributed by atoms with Gasteiger partial charge in [-0.3, -0.25) is 4.79 Å². The summed E-state index contributed by atoms with van der Waals surface area (Å²) >= 11 is 13.8. The molecule has 1 atom stereocenters. The second-order valence-electron chi connectivity index (χ2n) is 7.92. The van der Waals surface area contributed by atoms with Gasteiger partial charge in [-0.05, 0) is 67.8 Å². The molecule has 0 aliphatic rings. The summed E-state index contributed by atoms with van der Waals surface area (Å²) in [6, 6.07) is 14.6. The van der Waals surface area contributed by atoms with Gasteiger partial charge < -0.3 is 15.2 Å². The maximum atomic E-state index is 12.7. The van der Waals surface area contributed by atoms with Crippen LogP contribution in [0.25, 0.3) is 10.4 Å². The van der Waals surface area contributed by atoms with Gasteiger partial charge in [0.25, 0.3) is 5.91 Å². The zero-order valence-corrected chi connectivity index (χ0v) is 20.9. The third kappa shape index (κ3) is 6.81. The molecule has 2 aromatic carbocycles. The predicted octanol–water partition coefficient (Wildman–Crippen LogP) is 6.38. The van der Waals surface area contributed by atoms with Crippen LogP contribution >= 0.6 is 34.5 Å². The van der Waals surface area contributed by atoms with E-state index in [4.69, 9.17) is 27.9 Å². The molecule has 1 amide bonds. The minimum absolute atomic E-state index is 0.206. The van der Waals surface area contributed by atoms with Crippen molar-refractivity contribution in [2.75, 3.05) is 0 Å². The second-order valence-corrected chi connectivity index (χ2v) is 10.1. The van der Waals surface area contributed by atoms with Gasteiger partial charge in [-0.25, -0.2) is 4.79 Å². The molecular weight excluding hydrogens is 481 g/mol. The number of carbonyl (C=O) groups excluding carboxylic acids is 1. The summed E-state index contributed by atoms with van der Waals surface area (Å²) in [5.41, 5.74) is 3.01. The monoisotopic (exact) mass is 505 g/mol. The van der Waals surface area contributed by atoms with E-state index in [0.29, 0.717) is 10.6 Å². The highest BCUT2D eigenvalue weighted by Crippen LogP contribution is 2.32. The molecule has 1 aromatic heterocycles. The van der Waals surface area contributed by atoms with Crippen molar-refractivity contribution < 1.29 is 19.4 Å². The van der Waals surface area contributed by atoms with Gasteiger partial charge in [0.1, 0.15) is 0 Å². The zero-order valence-electron chi connectivity index (χ0n) is 18.5. The lowest BCUT2D eigenvalue weighted by Crippen LogP contribution is -2.29. The van der Waals surface area contributed by atoms with Gasteiger partial charge in [0, 0.05) is 27.7 Å². The number of aryl methyl sites for hydroxylation is 1. The third-order valence-electron chi connectivity index (χ3n) is 4.92. The number of nitrogens with one attached hydrogen (secondary N) is 1. The highest BCUT2D eigenvalue weighted by Gasteiger charge is 2.21. The molecule has 0 fully saturated rings. The van der Waals surface area contributed by atoms with Crippen molar-refractivity contribution in [3.63, 3.8) is 0 Å². The van der Waals surface area contributed by atoms with E-state index in [1.165, 1.54) is 10.9 Å². The molecular formula is C25H25Cl2NO4S. The normalized spacial score (nSPS) is 12.1. The smallest absolute Gasteiger partial charge is 0.333 e. The molecule has 0 aliphatic heterocycles. The molecule has 33 heavy (non-hydrogen) atoms. The molecule has 0 saturated carbocycles. The van der Waals surface area contributed by atoms with Crippen LogP contribution in [0.4, 0.5) is 0 Å². The van der Waals surface area contributed by atoms with Crippen LogP contribution < -0.4 is 5.32 Å². The van der Waals surface area contributed by atoms with Crippen molar-refractivity contribution in [2.45, 2.75) is 45.9 Å². The number of ether oxygens (including phenoxy) is 1. The van der Waals surface area contributed by atoms with Crippen LogP contribution in [0.2, 0.25) is 10.0 Å². The van der Waals surface area contributed by atoms with Crippen molar-refractivity contribution >= 4 is 46.4 Å². The fourth-order valence-corrected chi connectivity index (χ4v) is 4.84. The Morgan fingerprint density at radius 1 is 1.09 bits per heavy atom. The summed E-state index contributed by atoms with van der Waals surface area (Å²) in [5.74, 6) is -1.32. The minimum atomic E-state index is -1.01. The van der Waals surface area contributed by atoms with E-state index in [1.54, 1.807) is 37.3 Å². The largest absolute Gasteiger partial charge is 0.479 e. The molecule has 0 spiro atoms. The lowest BCUT2D eigenvalue weighted by molar-refractivity contribution is -0.153. The van der Waals surface area contributed by atoms with Crippen LogP contribution in [0.1, 0.15) is 40.2 Å². The predicted molar refractivity (Wildman–Crippen MR) is 133 cm³/mol. The molecule has 0 saturated heterocycles. The Bertz CT molecular complexity index is 1160. The molecule has 3 aromatic rings. The standard InChI is InChI=1S/C25H25Cl2NO4S/c1-14(2)32-22(25(30)31)11-16-5-7-19(23-9-4-15(3)33-23)17(10-16)13-28-24(29)20-8-6-18(26)12-21(20)27/h4-10,12,14,22H,11,13H2,1-3H3,(H,28,29)(H,30,31). The van der Waals surface area contributed by atoms with Crippen LogP contribution in [0.3, 0.4) is 0 Å². The molecule has 174 valence electrons. The lowest BCUT2D eigenvalue weighted by atomic mass is 9.99. The summed E-state index contributed by atoms with van der Waals surface area (Å²) in [7, 11) is 0. The van der Waals surface area contributed by atoms with Crippen molar-refractivity contribution in [1.29, 1.82) is 0 Å². The summed E-state index contributed by atoms with van der Waals surface area (Å²) in [6.07, 6.45) is -0.932. The average molecular weight is 506 g/mol. The van der Waals surface area contributed by atoms with Gasteiger partial charge >= 0.3 is 5.97 Å². The maximum Gasteiger partial charge on any atom is 0.333 e. The van der Waals surface area contributed by atoms with E-state index in [1.807, 2.05) is 37.3 Å². The van der Waals surface area contributed by atoms with Crippen molar-refractivity contribution in [3.8, 4) is 10.4 Å². The minimum Gasteiger partial charge on any atom is -0.479 e. The van der Waals surface area contributed by atoms with Crippen molar-refractivity contribution in [2.24, 2.45) is 0 Å². The third-order valence-corrected chi connectivity index (χ3v) is 6.51. The Kier molecular flexibility index (Phi) is 8.54. The first-order chi connectivity index (χ1) is 15.6. The van der Waals surface area contributed by atoms with E-state index >= 15 is 0 Å². The Balaban J connectivity index is 1.88. The molecule has 1 unspecified atom stereocenters. The van der Waals surface area contributed by atoms with Crippen LogP contribution in [0, 0.1) is 6.92 Å². The number of halogens is 2. The Labute approximate surface area is 207 Å². The number of thiophene rings is 1. The van der Waals surface area contributed by atoms with E-state index < -0.39 is 12.1 Å². The second kappa shape index (κ2) is 11.2. The number of aliphatic carboxylic acids is 1. The van der Waals surface area contributed by atoms with Crippen LogP contribution in [0.15, 0.2) is 48.5 Å². The van der Waals surface area contributed by atoms with Crippen molar-refractivity contribution in [3.05, 3.63) is 80.1 Å². The maximum absolute atomic E-state index is 12.7. The number of carboxylic acid groups (broad SMARTS) is 1. The molecule has 2 N–H and O–H groups in total. The average Bonchev–Trinajstić information content (AvgIpc) is 3.17. The van der Waals surface area contributed by atoms with Gasteiger partial charge in [0.05, 0.1) is 16.7 Å². The highest BCUT2D eigenvalue weighted by atomic mass is 35.5. The molecule has 0 radical (unpaired) electrons. The summed E-state index contributed by atoms with van der Waals surface area (Å²) < 4.78 is 5.56. The number of hydrogen-bond acceptors (Lipinski definition) is 4. The van der Waals surface area contributed by atoms with Gasteiger partial charge in [0.15, 0.2) is 6.10 Å². The quantitative estimate of drug-likeness (QED) is 0.353. The summed E-state index contributed by atoms with van der Waals surface area (Å²) in [4.78, 5) is 26.6. The number of benzene rings is 2. The van der Waals surface area contributed by atoms with Gasteiger partial charge in [0.2, 0.25) is 0 Å². The van der Waals surface area contributed by atoms with Crippen LogP contribution in [0.5, 0.6) is 0 Å². The molecule has 1 heterocycles. The number of carboxylic acids is 1. The fourth-order valence-electron chi connectivity index (χ4n) is 3.42. The molecule has 3 rings (SSSR count). The van der Waals surface area contributed by atoms with Gasteiger partial charge in [-0.1, -0.05) is 41.4 Å². The Morgan fingerprint density at radius 2 is 1.85 bits per heavy atom. The van der Waals surface area contributed by atoms with Gasteiger partial charge in [-0.2, -0.15) is 0 Å². The molecule has 5 nitrogen and oxygen atoms in total. The number of carbonyl (C=O) groups is 2. The molecule has 0 aliphatic carbocycles. The van der Waals surface area contributed by atoms with E-state index in [0.717, 1.165) is 21.6 Å². The van der Waals surface area contributed by atoms with E-state index in [9.17, 15) is 14.7 Å². The first kappa shape index (κ1) is 25.2. The Hall–Kier alpha value is -2.38. The van der Waals surface area contributed by atoms with E-state index in [-0.39, 0.29) is 30.0 Å². The zero-order chi connectivity index (χ0) is 24.1. The van der Waals surface area contributed by atoms with Crippen LogP contribution in [-0.2, 0) is 22.5 Å². The Morgan fingerprint density at radius 3 is 2.45 bits per heavy atom. The number of amides is 1.